The minimum absolute atomic E-state index is 0.0909. The van der Waals surface area contributed by atoms with Crippen LogP contribution in [0.2, 0.25) is 15.1 Å². The molecule has 0 amide bonds. The molecule has 0 bridgehead atoms. The Labute approximate surface area is 160 Å². The molecular weight excluding hydrogens is 409 g/mol. The lowest BCUT2D eigenvalue weighted by molar-refractivity contribution is 0.0526. The SMILES string of the molecule is CCOC(=O)c1ccc(NS(=O)(=O)Cc2ccc(Cl)c(Cl)c2)cc1Cl. The summed E-state index contributed by atoms with van der Waals surface area (Å²) in [6.45, 7) is 1.89. The zero-order valence-corrected chi connectivity index (χ0v) is 16.1. The van der Waals surface area contributed by atoms with Crippen LogP contribution >= 0.6 is 34.8 Å². The lowest BCUT2D eigenvalue weighted by Gasteiger charge is -2.10. The Morgan fingerprint density at radius 2 is 1.76 bits per heavy atom. The summed E-state index contributed by atoms with van der Waals surface area (Å²) in [6, 6.07) is 8.77. The van der Waals surface area contributed by atoms with Gasteiger partial charge in [0.25, 0.3) is 0 Å². The Morgan fingerprint density at radius 1 is 1.04 bits per heavy atom. The summed E-state index contributed by atoms with van der Waals surface area (Å²) in [7, 11) is -3.70. The molecule has 0 fully saturated rings. The van der Waals surface area contributed by atoms with Crippen molar-refractivity contribution in [3.05, 3.63) is 62.6 Å². The topological polar surface area (TPSA) is 72.5 Å². The van der Waals surface area contributed by atoms with Gasteiger partial charge in [-0.2, -0.15) is 0 Å². The van der Waals surface area contributed by atoms with Gasteiger partial charge in [0.2, 0.25) is 10.0 Å². The molecule has 0 atom stereocenters. The Hall–Kier alpha value is -1.47. The normalized spacial score (nSPS) is 11.2. The van der Waals surface area contributed by atoms with Crippen LogP contribution in [0.25, 0.3) is 0 Å². The fourth-order valence-electron chi connectivity index (χ4n) is 2.02. The molecule has 0 aliphatic carbocycles. The van der Waals surface area contributed by atoms with Gasteiger partial charge in [0.15, 0.2) is 0 Å². The summed E-state index contributed by atoms with van der Waals surface area (Å²) in [5, 5.41) is 0.710. The van der Waals surface area contributed by atoms with Gasteiger partial charge in [-0.1, -0.05) is 40.9 Å². The molecule has 0 aromatic heterocycles. The molecule has 9 heteroatoms. The predicted molar refractivity (Wildman–Crippen MR) is 100 cm³/mol. The molecule has 0 aliphatic rings. The summed E-state index contributed by atoms with van der Waals surface area (Å²) in [6.07, 6.45) is 0. The van der Waals surface area contributed by atoms with Crippen molar-refractivity contribution in [2.45, 2.75) is 12.7 Å². The van der Waals surface area contributed by atoms with Crippen molar-refractivity contribution in [2.75, 3.05) is 11.3 Å². The van der Waals surface area contributed by atoms with Crippen LogP contribution in [0.5, 0.6) is 0 Å². The third kappa shape index (κ3) is 5.51. The second-order valence-corrected chi connectivity index (χ2v) is 7.97. The minimum atomic E-state index is -3.70. The first-order valence-corrected chi connectivity index (χ1v) is 9.91. The van der Waals surface area contributed by atoms with Crippen molar-refractivity contribution in [2.24, 2.45) is 0 Å². The third-order valence-electron chi connectivity index (χ3n) is 3.08. The van der Waals surface area contributed by atoms with Crippen LogP contribution in [0.15, 0.2) is 36.4 Å². The van der Waals surface area contributed by atoms with Crippen LogP contribution in [0.3, 0.4) is 0 Å². The van der Waals surface area contributed by atoms with E-state index < -0.39 is 16.0 Å². The number of hydrogen-bond acceptors (Lipinski definition) is 4. The standard InChI is InChI=1S/C16H14Cl3NO4S/c1-2-24-16(21)12-5-4-11(8-14(12)18)20-25(22,23)9-10-3-6-13(17)15(19)7-10/h3-8,20H,2,9H2,1H3. The molecule has 1 N–H and O–H groups in total. The number of benzene rings is 2. The van der Waals surface area contributed by atoms with E-state index in [1.807, 2.05) is 0 Å². The second-order valence-electron chi connectivity index (χ2n) is 5.02. The fourth-order valence-corrected chi connectivity index (χ4v) is 3.77. The molecular formula is C16H14Cl3NO4S. The van der Waals surface area contributed by atoms with Gasteiger partial charge in [0.1, 0.15) is 0 Å². The van der Waals surface area contributed by atoms with Crippen LogP contribution in [0.4, 0.5) is 5.69 Å². The van der Waals surface area contributed by atoms with Gasteiger partial charge in [-0.3, -0.25) is 4.72 Å². The van der Waals surface area contributed by atoms with E-state index in [-0.39, 0.29) is 33.7 Å². The van der Waals surface area contributed by atoms with Crippen molar-refractivity contribution >= 4 is 56.5 Å². The van der Waals surface area contributed by atoms with Crippen LogP contribution in [-0.4, -0.2) is 21.0 Å². The molecule has 0 spiro atoms. The van der Waals surface area contributed by atoms with Gasteiger partial charge in [0.05, 0.1) is 38.7 Å². The van der Waals surface area contributed by atoms with Crippen molar-refractivity contribution in [1.82, 2.24) is 0 Å². The molecule has 5 nitrogen and oxygen atoms in total. The zero-order chi connectivity index (χ0) is 18.6. The van der Waals surface area contributed by atoms with Crippen LogP contribution in [-0.2, 0) is 20.5 Å². The maximum absolute atomic E-state index is 12.3. The molecule has 0 saturated heterocycles. The van der Waals surface area contributed by atoms with Gasteiger partial charge in [0, 0.05) is 0 Å². The van der Waals surface area contributed by atoms with E-state index >= 15 is 0 Å². The number of esters is 1. The van der Waals surface area contributed by atoms with E-state index in [4.69, 9.17) is 39.5 Å². The summed E-state index contributed by atoms with van der Waals surface area (Å²) < 4.78 is 31.8. The number of sulfonamides is 1. The molecule has 2 aromatic carbocycles. The number of carbonyl (C=O) groups is 1. The van der Waals surface area contributed by atoms with E-state index in [2.05, 4.69) is 4.72 Å². The van der Waals surface area contributed by atoms with Crippen LogP contribution < -0.4 is 4.72 Å². The van der Waals surface area contributed by atoms with Gasteiger partial charge >= 0.3 is 5.97 Å². The largest absolute Gasteiger partial charge is 0.462 e. The Balaban J connectivity index is 2.16. The average Bonchev–Trinajstić information content (AvgIpc) is 2.50. The van der Waals surface area contributed by atoms with Gasteiger partial charge < -0.3 is 4.74 Å². The summed E-state index contributed by atoms with van der Waals surface area (Å²) in [5.41, 5.74) is 0.880. The summed E-state index contributed by atoms with van der Waals surface area (Å²) in [4.78, 5) is 11.7. The number of rotatable bonds is 6. The second kappa shape index (κ2) is 8.27. The van der Waals surface area contributed by atoms with Crippen molar-refractivity contribution < 1.29 is 17.9 Å². The lowest BCUT2D eigenvalue weighted by Crippen LogP contribution is -2.15. The van der Waals surface area contributed by atoms with Gasteiger partial charge in [-0.15, -0.1) is 0 Å². The highest BCUT2D eigenvalue weighted by atomic mass is 35.5. The number of hydrogen-bond donors (Lipinski definition) is 1. The third-order valence-corrected chi connectivity index (χ3v) is 5.39. The first-order chi connectivity index (χ1) is 11.7. The molecule has 0 saturated carbocycles. The maximum atomic E-state index is 12.3. The highest BCUT2D eigenvalue weighted by Crippen LogP contribution is 2.25. The summed E-state index contributed by atoms with van der Waals surface area (Å²) >= 11 is 17.7. The smallest absolute Gasteiger partial charge is 0.339 e. The number of halogens is 3. The lowest BCUT2D eigenvalue weighted by atomic mass is 10.2. The zero-order valence-electron chi connectivity index (χ0n) is 13.1. The number of carbonyl (C=O) groups excluding carboxylic acids is 1. The van der Waals surface area contributed by atoms with E-state index in [9.17, 15) is 13.2 Å². The molecule has 2 aromatic rings. The average molecular weight is 423 g/mol. The van der Waals surface area contributed by atoms with Gasteiger partial charge in [-0.05, 0) is 42.8 Å². The maximum Gasteiger partial charge on any atom is 0.339 e. The molecule has 0 radical (unpaired) electrons. The monoisotopic (exact) mass is 421 g/mol. The molecule has 25 heavy (non-hydrogen) atoms. The van der Waals surface area contributed by atoms with Crippen molar-refractivity contribution in [3.8, 4) is 0 Å². The number of anilines is 1. The minimum Gasteiger partial charge on any atom is -0.462 e. The molecule has 0 heterocycles. The van der Waals surface area contributed by atoms with Crippen LogP contribution in [0, 0.1) is 0 Å². The Bertz CT molecular complexity index is 900. The van der Waals surface area contributed by atoms with Crippen molar-refractivity contribution in [3.63, 3.8) is 0 Å². The molecule has 0 aliphatic heterocycles. The van der Waals surface area contributed by atoms with E-state index in [1.54, 1.807) is 13.0 Å². The number of ether oxygens (including phenoxy) is 1. The highest BCUT2D eigenvalue weighted by Gasteiger charge is 2.16. The Kier molecular flexibility index (Phi) is 6.57. The van der Waals surface area contributed by atoms with E-state index in [0.29, 0.717) is 10.6 Å². The van der Waals surface area contributed by atoms with E-state index in [1.165, 1.54) is 30.3 Å². The first kappa shape index (κ1) is 19.8. The highest BCUT2D eigenvalue weighted by molar-refractivity contribution is 7.91. The molecule has 0 unspecified atom stereocenters. The molecule has 134 valence electrons. The molecule has 2 rings (SSSR count). The van der Waals surface area contributed by atoms with Crippen molar-refractivity contribution in [1.29, 1.82) is 0 Å². The number of nitrogens with one attached hydrogen (secondary N) is 1. The quantitative estimate of drug-likeness (QED) is 0.681. The summed E-state index contributed by atoms with van der Waals surface area (Å²) in [5.74, 6) is -0.862. The Morgan fingerprint density at radius 3 is 2.36 bits per heavy atom. The first-order valence-electron chi connectivity index (χ1n) is 7.13. The predicted octanol–water partition coefficient (Wildman–Crippen LogP) is 4.77. The van der Waals surface area contributed by atoms with Crippen LogP contribution in [0.1, 0.15) is 22.8 Å². The van der Waals surface area contributed by atoms with Gasteiger partial charge in [-0.25, -0.2) is 13.2 Å². The fraction of sp³-hybridized carbons (Fsp3) is 0.188. The van der Waals surface area contributed by atoms with E-state index in [0.717, 1.165) is 0 Å².